The smallest absolute Gasteiger partial charge is 0.276 e. The van der Waals surface area contributed by atoms with E-state index in [-0.39, 0.29) is 11.6 Å². The summed E-state index contributed by atoms with van der Waals surface area (Å²) in [4.78, 5) is 24.3. The van der Waals surface area contributed by atoms with Gasteiger partial charge >= 0.3 is 0 Å². The van der Waals surface area contributed by atoms with Crippen molar-refractivity contribution >= 4 is 17.4 Å². The highest BCUT2D eigenvalue weighted by Gasteiger charge is 2.10. The highest BCUT2D eigenvalue weighted by atomic mass is 16.1. The van der Waals surface area contributed by atoms with Crippen LogP contribution in [0.25, 0.3) is 0 Å². The summed E-state index contributed by atoms with van der Waals surface area (Å²) >= 11 is 0. The van der Waals surface area contributed by atoms with Crippen LogP contribution in [0.2, 0.25) is 0 Å². The molecule has 1 amide bonds. The maximum Gasteiger partial charge on any atom is 0.276 e. The Morgan fingerprint density at radius 3 is 2.95 bits per heavy atom. The molecule has 6 heteroatoms. The van der Waals surface area contributed by atoms with Crippen LogP contribution in [0.5, 0.6) is 0 Å². The highest BCUT2D eigenvalue weighted by molar-refractivity contribution is 6.03. The molecule has 19 heavy (non-hydrogen) atoms. The van der Waals surface area contributed by atoms with Crippen molar-refractivity contribution in [1.29, 1.82) is 0 Å². The van der Waals surface area contributed by atoms with Crippen molar-refractivity contribution in [2.45, 2.75) is 13.8 Å². The lowest BCUT2D eigenvalue weighted by Crippen LogP contribution is -2.16. The fourth-order valence-corrected chi connectivity index (χ4v) is 1.54. The van der Waals surface area contributed by atoms with Gasteiger partial charge in [-0.05, 0) is 26.0 Å². The Morgan fingerprint density at radius 2 is 2.21 bits per heavy atom. The molecular weight excluding hydrogens is 242 g/mol. The van der Waals surface area contributed by atoms with Gasteiger partial charge < -0.3 is 10.6 Å². The van der Waals surface area contributed by atoms with Gasteiger partial charge in [0.2, 0.25) is 0 Å². The maximum atomic E-state index is 12.1. The molecule has 0 radical (unpaired) electrons. The number of pyridine rings is 1. The Labute approximate surface area is 111 Å². The van der Waals surface area contributed by atoms with E-state index in [4.69, 9.17) is 0 Å². The summed E-state index contributed by atoms with van der Waals surface area (Å²) in [5.74, 6) is 0.279. The quantitative estimate of drug-likeness (QED) is 0.874. The van der Waals surface area contributed by atoms with E-state index >= 15 is 0 Å². The van der Waals surface area contributed by atoms with Crippen LogP contribution in [0.4, 0.5) is 11.5 Å². The van der Waals surface area contributed by atoms with Gasteiger partial charge in [-0.15, -0.1) is 0 Å². The van der Waals surface area contributed by atoms with Crippen LogP contribution < -0.4 is 10.6 Å². The number of aryl methyl sites for hydroxylation is 1. The molecule has 0 bridgehead atoms. The first-order valence-corrected chi connectivity index (χ1v) is 5.99. The Morgan fingerprint density at radius 1 is 1.37 bits per heavy atom. The van der Waals surface area contributed by atoms with Gasteiger partial charge in [0.15, 0.2) is 0 Å². The molecule has 0 spiro atoms. The monoisotopic (exact) mass is 257 g/mol. The third-order valence-corrected chi connectivity index (χ3v) is 2.48. The molecule has 2 rings (SSSR count). The van der Waals surface area contributed by atoms with Crippen LogP contribution in [0.15, 0.2) is 30.7 Å². The average Bonchev–Trinajstić information content (AvgIpc) is 2.42. The number of nitrogens with zero attached hydrogens (tertiary/aromatic N) is 3. The second-order valence-electron chi connectivity index (χ2n) is 3.91. The zero-order valence-corrected chi connectivity index (χ0v) is 10.8. The van der Waals surface area contributed by atoms with Gasteiger partial charge in [0.25, 0.3) is 5.91 Å². The minimum atomic E-state index is -0.302. The largest absolute Gasteiger partial charge is 0.369 e. The second-order valence-corrected chi connectivity index (χ2v) is 3.91. The molecule has 0 atom stereocenters. The molecule has 6 nitrogen and oxygen atoms in total. The summed E-state index contributed by atoms with van der Waals surface area (Å²) in [5.41, 5.74) is 1.69. The molecule has 2 aromatic heterocycles. The number of aromatic nitrogens is 3. The summed E-state index contributed by atoms with van der Waals surface area (Å²) in [6.07, 6.45) is 4.69. The number of nitrogens with one attached hydrogen (secondary N) is 2. The van der Waals surface area contributed by atoms with Crippen molar-refractivity contribution in [3.63, 3.8) is 0 Å². The van der Waals surface area contributed by atoms with Crippen molar-refractivity contribution in [1.82, 2.24) is 15.0 Å². The molecule has 2 heterocycles. The lowest BCUT2D eigenvalue weighted by Gasteiger charge is -2.07. The Bertz CT molecular complexity index is 585. The van der Waals surface area contributed by atoms with E-state index < -0.39 is 0 Å². The zero-order chi connectivity index (χ0) is 13.7. The third-order valence-electron chi connectivity index (χ3n) is 2.48. The lowest BCUT2D eigenvalue weighted by molar-refractivity contribution is 0.102. The fourth-order valence-electron chi connectivity index (χ4n) is 1.54. The Hall–Kier alpha value is -2.50. The van der Waals surface area contributed by atoms with Gasteiger partial charge in [-0.25, -0.2) is 4.98 Å². The SMILES string of the molecule is CCNc1cncc(C(=O)Nc2cccnc2C)n1. The van der Waals surface area contributed by atoms with Crippen LogP contribution in [-0.2, 0) is 0 Å². The fraction of sp³-hybridized carbons (Fsp3) is 0.231. The molecule has 0 saturated carbocycles. The van der Waals surface area contributed by atoms with E-state index in [1.165, 1.54) is 6.20 Å². The Kier molecular flexibility index (Phi) is 4.02. The van der Waals surface area contributed by atoms with Crippen molar-refractivity contribution in [2.75, 3.05) is 17.2 Å². The van der Waals surface area contributed by atoms with Gasteiger partial charge in [-0.3, -0.25) is 14.8 Å². The predicted molar refractivity (Wildman–Crippen MR) is 73.1 cm³/mol. The summed E-state index contributed by atoms with van der Waals surface area (Å²) < 4.78 is 0. The number of carbonyl (C=O) groups is 1. The second kappa shape index (κ2) is 5.90. The van der Waals surface area contributed by atoms with E-state index in [2.05, 4.69) is 25.6 Å². The van der Waals surface area contributed by atoms with Gasteiger partial charge in [0, 0.05) is 12.7 Å². The molecule has 0 aromatic carbocycles. The topological polar surface area (TPSA) is 79.8 Å². The van der Waals surface area contributed by atoms with Gasteiger partial charge in [0.1, 0.15) is 11.5 Å². The standard InChI is InChI=1S/C13H15N5O/c1-3-15-12-8-14-7-11(17-12)13(19)18-10-5-4-6-16-9(10)2/h4-8H,3H2,1-2H3,(H,15,17)(H,18,19). The van der Waals surface area contributed by atoms with Crippen LogP contribution in [0, 0.1) is 6.92 Å². The summed E-state index contributed by atoms with van der Waals surface area (Å²) in [7, 11) is 0. The van der Waals surface area contributed by atoms with Crippen LogP contribution in [0.1, 0.15) is 23.1 Å². The average molecular weight is 257 g/mol. The first-order chi connectivity index (χ1) is 9.20. The van der Waals surface area contributed by atoms with Crippen LogP contribution in [0.3, 0.4) is 0 Å². The number of carbonyl (C=O) groups excluding carboxylic acids is 1. The predicted octanol–water partition coefficient (Wildman–Crippen LogP) is 1.86. The number of hydrogen-bond acceptors (Lipinski definition) is 5. The van der Waals surface area contributed by atoms with Gasteiger partial charge in [-0.1, -0.05) is 0 Å². The number of anilines is 2. The normalized spacial score (nSPS) is 10.0. The molecule has 0 aliphatic carbocycles. The highest BCUT2D eigenvalue weighted by Crippen LogP contribution is 2.12. The number of rotatable bonds is 4. The maximum absolute atomic E-state index is 12.1. The molecule has 98 valence electrons. The first-order valence-electron chi connectivity index (χ1n) is 5.99. The third kappa shape index (κ3) is 3.25. The zero-order valence-electron chi connectivity index (χ0n) is 10.8. The van der Waals surface area contributed by atoms with Crippen molar-refractivity contribution in [2.24, 2.45) is 0 Å². The molecule has 0 fully saturated rings. The van der Waals surface area contributed by atoms with Crippen molar-refractivity contribution in [3.8, 4) is 0 Å². The first kappa shape index (κ1) is 12.9. The van der Waals surface area contributed by atoms with Crippen LogP contribution in [-0.4, -0.2) is 27.4 Å². The van der Waals surface area contributed by atoms with E-state index in [9.17, 15) is 4.79 Å². The van der Waals surface area contributed by atoms with Crippen LogP contribution >= 0.6 is 0 Å². The molecule has 0 aliphatic heterocycles. The van der Waals surface area contributed by atoms with Gasteiger partial charge in [-0.2, -0.15) is 0 Å². The summed E-state index contributed by atoms with van der Waals surface area (Å²) in [5, 5.41) is 5.78. The molecule has 0 aliphatic rings. The molecule has 2 aromatic rings. The molecule has 0 saturated heterocycles. The minimum Gasteiger partial charge on any atom is -0.369 e. The summed E-state index contributed by atoms with van der Waals surface area (Å²) in [6, 6.07) is 3.56. The lowest BCUT2D eigenvalue weighted by atomic mass is 10.3. The Balaban J connectivity index is 2.16. The van der Waals surface area contributed by atoms with E-state index in [0.717, 1.165) is 12.2 Å². The molecular formula is C13H15N5O. The number of amides is 1. The van der Waals surface area contributed by atoms with E-state index in [0.29, 0.717) is 11.5 Å². The molecule has 0 unspecified atom stereocenters. The van der Waals surface area contributed by atoms with Crippen molar-refractivity contribution < 1.29 is 4.79 Å². The number of hydrogen-bond donors (Lipinski definition) is 2. The summed E-state index contributed by atoms with van der Waals surface area (Å²) in [6.45, 7) is 4.51. The van der Waals surface area contributed by atoms with Crippen molar-refractivity contribution in [3.05, 3.63) is 42.1 Å². The van der Waals surface area contributed by atoms with E-state index in [1.54, 1.807) is 24.5 Å². The minimum absolute atomic E-state index is 0.265. The van der Waals surface area contributed by atoms with Gasteiger partial charge in [0.05, 0.1) is 23.8 Å². The van der Waals surface area contributed by atoms with E-state index in [1.807, 2.05) is 13.8 Å². The molecule has 2 N–H and O–H groups in total.